The zero-order valence-corrected chi connectivity index (χ0v) is 65.5. The molecule has 1 heteroatoms. The van der Waals surface area contributed by atoms with Gasteiger partial charge in [-0.15, -0.1) is 0 Å². The van der Waals surface area contributed by atoms with Gasteiger partial charge in [0.25, 0.3) is 0 Å². The van der Waals surface area contributed by atoms with Crippen LogP contribution in [0, 0.1) is 0 Å². The molecule has 0 atom stereocenters. The van der Waals surface area contributed by atoms with Gasteiger partial charge in [0.05, 0.1) is 0 Å². The molecule has 2 aliphatic carbocycles. The Morgan fingerprint density at radius 1 is 0.162 bits per heavy atom. The van der Waals surface area contributed by atoms with E-state index in [1.165, 1.54) is 209 Å². The van der Waals surface area contributed by atoms with Gasteiger partial charge < -0.3 is 4.42 Å². The maximum absolute atomic E-state index is 6.63. The first-order chi connectivity index (χ1) is 57.7. The fourth-order valence-corrected chi connectivity index (χ4v) is 21.1. The van der Waals surface area contributed by atoms with Crippen LogP contribution in [0.2, 0.25) is 0 Å². The largest absolute Gasteiger partial charge is 0.455 e. The maximum Gasteiger partial charge on any atom is 0.143 e. The topological polar surface area (TPSA) is 13.1 Å². The van der Waals surface area contributed by atoms with Gasteiger partial charge in [-0.2, -0.15) is 0 Å². The molecule has 0 saturated heterocycles. The van der Waals surface area contributed by atoms with E-state index < -0.39 is 0 Å². The highest BCUT2D eigenvalue weighted by Crippen LogP contribution is 2.60. The van der Waals surface area contributed by atoms with Crippen molar-refractivity contribution in [2.45, 2.75) is 38.5 Å². The molecule has 22 aromatic rings. The van der Waals surface area contributed by atoms with Gasteiger partial charge >= 0.3 is 0 Å². The van der Waals surface area contributed by atoms with Gasteiger partial charge in [0.1, 0.15) is 11.2 Å². The van der Waals surface area contributed by atoms with Crippen LogP contribution in [0.25, 0.3) is 219 Å². The van der Waals surface area contributed by atoms with Crippen molar-refractivity contribution in [2.24, 2.45) is 0 Å². The zero-order valence-electron chi connectivity index (χ0n) is 65.5. The highest BCUT2D eigenvalue weighted by molar-refractivity contribution is 6.27. The van der Waals surface area contributed by atoms with Crippen LogP contribution in [0.3, 0.4) is 0 Å². The van der Waals surface area contributed by atoms with Crippen molar-refractivity contribution in [1.82, 2.24) is 0 Å². The average molecular weight is 1490 g/mol. The second-order valence-corrected chi connectivity index (χ2v) is 33.0. The molecule has 0 fully saturated rings. The molecule has 0 aliphatic heterocycles. The zero-order chi connectivity index (χ0) is 77.8. The van der Waals surface area contributed by atoms with Crippen LogP contribution in [0.15, 0.2) is 405 Å². The number of rotatable bonds is 8. The third-order valence-corrected chi connectivity index (χ3v) is 26.1. The van der Waals surface area contributed by atoms with Gasteiger partial charge in [-0.25, -0.2) is 0 Å². The summed E-state index contributed by atoms with van der Waals surface area (Å²) in [6.45, 7) is 9.64. The molecule has 1 heterocycles. The van der Waals surface area contributed by atoms with Gasteiger partial charge in [0.2, 0.25) is 0 Å². The maximum atomic E-state index is 6.63. The Hall–Kier alpha value is -14.5. The lowest BCUT2D eigenvalue weighted by atomic mass is 9.79. The second kappa shape index (κ2) is 26.6. The first-order valence-electron chi connectivity index (χ1n) is 41.0. The number of hydrogen-bond donors (Lipinski definition) is 0. The fourth-order valence-electron chi connectivity index (χ4n) is 21.1. The number of benzene rings is 21. The van der Waals surface area contributed by atoms with Gasteiger partial charge in [-0.3, -0.25) is 0 Å². The van der Waals surface area contributed by atoms with E-state index in [2.05, 4.69) is 422 Å². The normalized spacial score (nSPS) is 13.1. The van der Waals surface area contributed by atoms with Crippen molar-refractivity contribution < 1.29 is 4.42 Å². The summed E-state index contributed by atoms with van der Waals surface area (Å²) < 4.78 is 6.63. The van der Waals surface area contributed by atoms with Crippen LogP contribution in [0.4, 0.5) is 0 Å². The smallest absolute Gasteiger partial charge is 0.143 e. The molecule has 548 valence electrons. The highest BCUT2D eigenvalue weighted by atomic mass is 16.3. The van der Waals surface area contributed by atoms with E-state index in [0.29, 0.717) is 0 Å². The minimum atomic E-state index is -0.170. The molecular weight excluding hydrogens is 1410 g/mol. The van der Waals surface area contributed by atoms with Crippen molar-refractivity contribution in [3.63, 3.8) is 0 Å². The fraction of sp³-hybridized carbons (Fsp3) is 0.0517. The molecule has 0 radical (unpaired) electrons. The van der Waals surface area contributed by atoms with E-state index in [0.717, 1.165) is 33.1 Å². The van der Waals surface area contributed by atoms with Gasteiger partial charge in [-0.05, 0) is 232 Å². The summed E-state index contributed by atoms with van der Waals surface area (Å²) in [7, 11) is 0. The average Bonchev–Trinajstić information content (AvgIpc) is 1.55. The minimum Gasteiger partial charge on any atom is -0.455 e. The van der Waals surface area contributed by atoms with Crippen LogP contribution in [0.5, 0.6) is 0 Å². The lowest BCUT2D eigenvalue weighted by Crippen LogP contribution is -2.15. The van der Waals surface area contributed by atoms with E-state index in [1.54, 1.807) is 0 Å². The quantitative estimate of drug-likeness (QED) is 0.109. The Balaban J connectivity index is 0.000000139. The van der Waals surface area contributed by atoms with Crippen LogP contribution >= 0.6 is 0 Å². The Kier molecular flexibility index (Phi) is 15.5. The SMILES string of the molecule is CC1(C)c2cccc(-c3cccc(-c4c5ccccc5c(-c5ccccc5-c5cccc6c5oc5ccccc56)c5ccccc45)c3)c2-c2c1c1ccccc1c1ccccc21.CC1(C)c2cccc(-c3cccc(-c4c5ccccc5c(-c5ccccc5-c5ccccc5)c5ccccc45)c3)c2-c2c1c1ccccc1c1ccccc21. The van der Waals surface area contributed by atoms with E-state index in [1.807, 2.05) is 6.07 Å². The molecular formula is C116H78O. The van der Waals surface area contributed by atoms with E-state index in [4.69, 9.17) is 4.42 Å². The minimum absolute atomic E-state index is 0.153. The Morgan fingerprint density at radius 3 is 0.872 bits per heavy atom. The summed E-state index contributed by atoms with van der Waals surface area (Å²) in [5.41, 5.74) is 32.3. The van der Waals surface area contributed by atoms with Gasteiger partial charge in [0.15, 0.2) is 0 Å². The summed E-state index contributed by atoms with van der Waals surface area (Å²) in [4.78, 5) is 0. The second-order valence-electron chi connectivity index (χ2n) is 33.0. The first kappa shape index (κ1) is 68.1. The van der Waals surface area contributed by atoms with Crippen molar-refractivity contribution in [3.8, 4) is 111 Å². The predicted molar refractivity (Wildman–Crippen MR) is 499 cm³/mol. The third-order valence-electron chi connectivity index (χ3n) is 26.1. The standard InChI is InChI=1S/C61H40O.C55H38/c1-61(2)53-34-17-31-39(57(53)58-45-25-7-3-20-40(45)41-21-5-12-30-50(41)59(58)61)37-18-15-19-38(36-37)55-46-26-8-10-28-48(46)56(49-29-11-9-27-47(49)55)44-24-6-4-22-42(44)51-32-16-33-52-43-23-13-14-35-54(43)62-60(51)52;1-55(2)49-33-17-32-39(52(49)53-43-26-10-7-23-40(43)41-24-8-15-31-48(41)54(53)55)36-20-16-21-37(34-36)50-44-27-11-13-29-46(44)51(47-30-14-12-28-45(47)50)42-25-9-6-22-38(42)35-18-4-3-5-19-35/h3-36H,1-2H3;3-34H,1-2H3. The van der Waals surface area contributed by atoms with Crippen molar-refractivity contribution in [3.05, 3.63) is 423 Å². The first-order valence-corrected chi connectivity index (χ1v) is 41.0. The van der Waals surface area contributed by atoms with E-state index >= 15 is 0 Å². The molecule has 0 N–H and O–H groups in total. The van der Waals surface area contributed by atoms with Crippen LogP contribution in [-0.2, 0) is 10.8 Å². The van der Waals surface area contributed by atoms with Crippen LogP contribution < -0.4 is 0 Å². The number of furan rings is 1. The van der Waals surface area contributed by atoms with Gasteiger partial charge in [-0.1, -0.05) is 410 Å². The third kappa shape index (κ3) is 10.3. The summed E-state index contributed by atoms with van der Waals surface area (Å²) in [6, 6.07) is 148. The summed E-state index contributed by atoms with van der Waals surface area (Å²) >= 11 is 0. The molecule has 2 aliphatic rings. The van der Waals surface area contributed by atoms with Crippen LogP contribution in [0.1, 0.15) is 49.9 Å². The molecule has 21 aromatic carbocycles. The summed E-state index contributed by atoms with van der Waals surface area (Å²) in [6.07, 6.45) is 0. The molecule has 0 spiro atoms. The van der Waals surface area contributed by atoms with Crippen molar-refractivity contribution in [1.29, 1.82) is 0 Å². The molecule has 117 heavy (non-hydrogen) atoms. The lowest BCUT2D eigenvalue weighted by Gasteiger charge is -2.24. The van der Waals surface area contributed by atoms with E-state index in [9.17, 15) is 0 Å². The lowest BCUT2D eigenvalue weighted by molar-refractivity contribution is 0.666. The number of hydrogen-bond acceptors (Lipinski definition) is 1. The van der Waals surface area contributed by atoms with E-state index in [-0.39, 0.29) is 10.8 Å². The molecule has 0 amide bonds. The van der Waals surface area contributed by atoms with Crippen molar-refractivity contribution in [2.75, 3.05) is 0 Å². The molecule has 1 aromatic heterocycles. The molecule has 0 bridgehead atoms. The number of fused-ring (bicyclic) bond motifs is 23. The predicted octanol–water partition coefficient (Wildman–Crippen LogP) is 32.4. The van der Waals surface area contributed by atoms with Crippen molar-refractivity contribution >= 4 is 108 Å². The summed E-state index contributed by atoms with van der Waals surface area (Å²) in [5.74, 6) is 0. The molecule has 24 rings (SSSR count). The van der Waals surface area contributed by atoms with Gasteiger partial charge in [0, 0.05) is 27.2 Å². The molecule has 0 unspecified atom stereocenters. The van der Waals surface area contributed by atoms with Crippen LogP contribution in [-0.4, -0.2) is 0 Å². The Morgan fingerprint density at radius 2 is 0.436 bits per heavy atom. The Bertz CT molecular complexity index is 7820. The highest BCUT2D eigenvalue weighted by Gasteiger charge is 2.42. The molecule has 0 saturated carbocycles. The molecule has 1 nitrogen and oxygen atoms in total. The number of para-hydroxylation sites is 2. The monoisotopic (exact) mass is 1490 g/mol. The summed E-state index contributed by atoms with van der Waals surface area (Å²) in [5, 5.41) is 22.9. The Labute approximate surface area is 680 Å².